The van der Waals surface area contributed by atoms with E-state index in [1.54, 1.807) is 12.1 Å². The first-order valence-electron chi connectivity index (χ1n) is 8.54. The van der Waals surface area contributed by atoms with Crippen molar-refractivity contribution in [1.29, 1.82) is 0 Å². The van der Waals surface area contributed by atoms with Gasteiger partial charge in [0.25, 0.3) is 11.2 Å². The van der Waals surface area contributed by atoms with E-state index in [0.29, 0.717) is 20.9 Å². The number of benzene rings is 2. The molecule has 2 aromatic carbocycles. The summed E-state index contributed by atoms with van der Waals surface area (Å²) in [7, 11) is 0. The molecule has 1 aromatic heterocycles. The third kappa shape index (κ3) is 5.20. The van der Waals surface area contributed by atoms with Crippen molar-refractivity contribution in [3.63, 3.8) is 0 Å². The summed E-state index contributed by atoms with van der Waals surface area (Å²) in [6.07, 6.45) is 0.593. The maximum atomic E-state index is 12.3. The number of nitro groups is 1. The highest BCUT2D eigenvalue weighted by Crippen LogP contribution is 2.22. The van der Waals surface area contributed by atoms with Crippen molar-refractivity contribution < 1.29 is 4.92 Å². The number of nitrogens with one attached hydrogen (secondary N) is 1. The summed E-state index contributed by atoms with van der Waals surface area (Å²) in [6.45, 7) is 4.11. The number of non-ortho nitro benzene ring substituents is 1. The second-order valence-electron chi connectivity index (χ2n) is 6.52. The van der Waals surface area contributed by atoms with E-state index in [2.05, 4.69) is 42.0 Å². The summed E-state index contributed by atoms with van der Waals surface area (Å²) >= 11 is 3.44. The molecule has 0 saturated carbocycles. The van der Waals surface area contributed by atoms with Crippen molar-refractivity contribution in [3.05, 3.63) is 94.5 Å². The molecule has 3 aromatic rings. The van der Waals surface area contributed by atoms with Crippen molar-refractivity contribution in [2.24, 2.45) is 0 Å². The molecule has 28 heavy (non-hydrogen) atoms. The fraction of sp³-hybridized carbons (Fsp3) is 0.200. The zero-order valence-electron chi connectivity index (χ0n) is 15.4. The van der Waals surface area contributed by atoms with E-state index >= 15 is 0 Å². The summed E-state index contributed by atoms with van der Waals surface area (Å²) in [5, 5.41) is 11.3. The Hall–Kier alpha value is -2.20. The molecule has 3 rings (SSSR count). The van der Waals surface area contributed by atoms with Crippen LogP contribution in [0, 0.1) is 27.5 Å². The third-order valence-corrected chi connectivity index (χ3v) is 6.14. The summed E-state index contributed by atoms with van der Waals surface area (Å²) in [5.41, 5.74) is 5.07. The van der Waals surface area contributed by atoms with Gasteiger partial charge in [-0.1, -0.05) is 53.2 Å². The molecule has 0 unspecified atom stereocenters. The molecule has 0 saturated heterocycles. The van der Waals surface area contributed by atoms with Crippen LogP contribution in [0.4, 0.5) is 5.69 Å². The van der Waals surface area contributed by atoms with Crippen LogP contribution in [0.3, 0.4) is 0 Å². The maximum Gasteiger partial charge on any atom is 0.269 e. The number of rotatable bonds is 6. The van der Waals surface area contributed by atoms with E-state index < -0.39 is 4.92 Å². The summed E-state index contributed by atoms with van der Waals surface area (Å²) in [6, 6.07) is 12.7. The van der Waals surface area contributed by atoms with Crippen molar-refractivity contribution in [1.82, 2.24) is 9.97 Å². The van der Waals surface area contributed by atoms with E-state index in [1.165, 1.54) is 35.0 Å². The van der Waals surface area contributed by atoms with E-state index in [0.717, 1.165) is 16.8 Å². The van der Waals surface area contributed by atoms with Gasteiger partial charge in [0.1, 0.15) is 3.57 Å². The molecule has 1 N–H and O–H groups in total. The quantitative estimate of drug-likeness (QED) is 0.171. The van der Waals surface area contributed by atoms with E-state index in [9.17, 15) is 14.9 Å². The van der Waals surface area contributed by atoms with Gasteiger partial charge in [0.2, 0.25) is 0 Å². The lowest BCUT2D eigenvalue weighted by atomic mass is 10.0. The Balaban J connectivity index is 1.79. The monoisotopic (exact) mass is 507 g/mol. The number of nitrogens with zero attached hydrogens (tertiary/aromatic N) is 2. The standard InChI is InChI=1S/C20H18IN3O3S/c1-12-7-13(2)9-15(8-12)10-17-18(21)19(25)23-20(22-17)28-11-14-3-5-16(6-4-14)24(26)27/h3-9H,10-11H2,1-2H3,(H,22,23,25). The fourth-order valence-corrected chi connectivity index (χ4v) is 4.18. The molecule has 0 aliphatic heterocycles. The van der Waals surface area contributed by atoms with Crippen LogP contribution in [0.25, 0.3) is 0 Å². The van der Waals surface area contributed by atoms with E-state index in [-0.39, 0.29) is 11.2 Å². The summed E-state index contributed by atoms with van der Waals surface area (Å²) in [5.74, 6) is 0.560. The predicted octanol–water partition coefficient (Wildman–Crippen LogP) is 4.78. The Kier molecular flexibility index (Phi) is 6.50. The van der Waals surface area contributed by atoms with Gasteiger partial charge in [-0.05, 0) is 47.6 Å². The van der Waals surface area contributed by atoms with Crippen LogP contribution in [0.1, 0.15) is 27.9 Å². The second kappa shape index (κ2) is 8.87. The minimum Gasteiger partial charge on any atom is -0.301 e. The van der Waals surface area contributed by atoms with Crippen LogP contribution in [0.15, 0.2) is 52.4 Å². The first kappa shape index (κ1) is 20.5. The highest BCUT2D eigenvalue weighted by atomic mass is 127. The molecule has 0 amide bonds. The average molecular weight is 507 g/mol. The van der Waals surface area contributed by atoms with Gasteiger partial charge in [0.05, 0.1) is 10.6 Å². The number of nitro benzene ring substituents is 1. The molecule has 0 atom stereocenters. The third-order valence-electron chi connectivity index (χ3n) is 4.09. The van der Waals surface area contributed by atoms with E-state index in [1.807, 2.05) is 22.6 Å². The Morgan fingerprint density at radius 2 is 1.75 bits per heavy atom. The minimum absolute atomic E-state index is 0.0604. The normalized spacial score (nSPS) is 10.8. The highest BCUT2D eigenvalue weighted by molar-refractivity contribution is 14.1. The molecule has 0 radical (unpaired) electrons. The summed E-state index contributed by atoms with van der Waals surface area (Å²) < 4.78 is 0.594. The predicted molar refractivity (Wildman–Crippen MR) is 119 cm³/mol. The van der Waals surface area contributed by atoms with E-state index in [4.69, 9.17) is 0 Å². The molecular formula is C20H18IN3O3S. The average Bonchev–Trinajstić information content (AvgIpc) is 2.63. The topological polar surface area (TPSA) is 88.9 Å². The number of aromatic amines is 1. The molecule has 0 aliphatic carbocycles. The van der Waals surface area contributed by atoms with Gasteiger partial charge in [-0.2, -0.15) is 0 Å². The van der Waals surface area contributed by atoms with Crippen molar-refractivity contribution in [3.8, 4) is 0 Å². The Morgan fingerprint density at radius 3 is 2.36 bits per heavy atom. The minimum atomic E-state index is -0.422. The number of aromatic nitrogens is 2. The molecule has 6 nitrogen and oxygen atoms in total. The molecule has 0 bridgehead atoms. The van der Waals surface area contributed by atoms with Crippen LogP contribution in [-0.2, 0) is 12.2 Å². The lowest BCUT2D eigenvalue weighted by Gasteiger charge is -2.08. The zero-order valence-corrected chi connectivity index (χ0v) is 18.3. The van der Waals surface area contributed by atoms with Gasteiger partial charge in [0.15, 0.2) is 5.16 Å². The Morgan fingerprint density at radius 1 is 1.11 bits per heavy atom. The van der Waals surface area contributed by atoms with Crippen molar-refractivity contribution in [2.75, 3.05) is 0 Å². The number of thioether (sulfide) groups is 1. The van der Waals surface area contributed by atoms with Gasteiger partial charge in [-0.15, -0.1) is 0 Å². The van der Waals surface area contributed by atoms with Crippen LogP contribution >= 0.6 is 34.4 Å². The summed E-state index contributed by atoms with van der Waals surface area (Å²) in [4.78, 5) is 30.1. The molecule has 0 fully saturated rings. The van der Waals surface area contributed by atoms with Gasteiger partial charge >= 0.3 is 0 Å². The fourth-order valence-electron chi connectivity index (χ4n) is 2.90. The number of H-pyrrole nitrogens is 1. The number of hydrogen-bond acceptors (Lipinski definition) is 5. The zero-order chi connectivity index (χ0) is 20.3. The molecule has 144 valence electrons. The number of hydrogen-bond donors (Lipinski definition) is 1. The van der Waals surface area contributed by atoms with Crippen molar-refractivity contribution >= 4 is 40.0 Å². The molecule has 8 heteroatoms. The molecule has 1 heterocycles. The largest absolute Gasteiger partial charge is 0.301 e. The Labute approximate surface area is 180 Å². The van der Waals surface area contributed by atoms with Gasteiger partial charge < -0.3 is 4.98 Å². The highest BCUT2D eigenvalue weighted by Gasteiger charge is 2.11. The van der Waals surface area contributed by atoms with Gasteiger partial charge in [-0.25, -0.2) is 4.98 Å². The smallest absolute Gasteiger partial charge is 0.269 e. The van der Waals surface area contributed by atoms with Gasteiger partial charge in [0, 0.05) is 24.3 Å². The first-order valence-corrected chi connectivity index (χ1v) is 10.6. The Bertz CT molecular complexity index is 1060. The van der Waals surface area contributed by atoms with Crippen LogP contribution in [-0.4, -0.2) is 14.9 Å². The molecule has 0 spiro atoms. The van der Waals surface area contributed by atoms with Gasteiger partial charge in [-0.3, -0.25) is 14.9 Å². The van der Waals surface area contributed by atoms with Crippen molar-refractivity contribution in [2.45, 2.75) is 31.2 Å². The second-order valence-corrected chi connectivity index (χ2v) is 8.56. The number of halogens is 1. The SMILES string of the molecule is Cc1cc(C)cc(Cc2nc(SCc3ccc([N+](=O)[O-])cc3)[nH]c(=O)c2I)c1. The first-order chi connectivity index (χ1) is 13.3. The van der Waals surface area contributed by atoms with Crippen LogP contribution in [0.5, 0.6) is 0 Å². The maximum absolute atomic E-state index is 12.3. The van der Waals surface area contributed by atoms with Crippen LogP contribution < -0.4 is 5.56 Å². The number of aryl methyl sites for hydroxylation is 2. The molecule has 0 aliphatic rings. The molecular weight excluding hydrogens is 489 g/mol. The lowest BCUT2D eigenvalue weighted by Crippen LogP contribution is -2.16. The van der Waals surface area contributed by atoms with Crippen LogP contribution in [0.2, 0.25) is 0 Å². The lowest BCUT2D eigenvalue weighted by molar-refractivity contribution is -0.384.